The summed E-state index contributed by atoms with van der Waals surface area (Å²) in [5.74, 6) is 0.891. The van der Waals surface area contributed by atoms with E-state index in [1.54, 1.807) is 6.20 Å². The molecule has 0 saturated carbocycles. The normalized spacial score (nSPS) is 19.3. The highest BCUT2D eigenvalue weighted by molar-refractivity contribution is 9.10. The van der Waals surface area contributed by atoms with Gasteiger partial charge in [0, 0.05) is 32.4 Å². The molecular formula is C13H19BrN4O. The monoisotopic (exact) mass is 326 g/mol. The number of aromatic nitrogens is 1. The zero-order valence-corrected chi connectivity index (χ0v) is 12.8. The fraction of sp³-hybridized carbons (Fsp3) is 0.538. The van der Waals surface area contributed by atoms with Gasteiger partial charge in [0.2, 0.25) is 5.91 Å². The predicted molar refractivity (Wildman–Crippen MR) is 79.4 cm³/mol. The van der Waals surface area contributed by atoms with Gasteiger partial charge in [0.25, 0.3) is 0 Å². The van der Waals surface area contributed by atoms with Crippen LogP contribution in [0.5, 0.6) is 0 Å². The molecule has 0 aromatic carbocycles. The van der Waals surface area contributed by atoms with Gasteiger partial charge in [-0.3, -0.25) is 4.79 Å². The minimum absolute atomic E-state index is 0.0462. The molecule has 1 aromatic rings. The molecule has 104 valence electrons. The Bertz CT molecular complexity index is 466. The number of piperazine rings is 1. The number of nitrogens with zero attached hydrogens (tertiary/aromatic N) is 2. The molecule has 2 heterocycles. The second-order valence-electron chi connectivity index (χ2n) is 4.57. The molecule has 1 unspecified atom stereocenters. The van der Waals surface area contributed by atoms with E-state index in [1.165, 1.54) is 0 Å². The summed E-state index contributed by atoms with van der Waals surface area (Å²) in [6, 6.07) is 1.75. The fourth-order valence-electron chi connectivity index (χ4n) is 2.21. The number of nitrogens with one attached hydrogen (secondary N) is 2. The van der Waals surface area contributed by atoms with Crippen LogP contribution in [0.3, 0.4) is 0 Å². The molecule has 2 rings (SSSR count). The van der Waals surface area contributed by atoms with Crippen LogP contribution in [0.25, 0.3) is 0 Å². The average molecular weight is 327 g/mol. The van der Waals surface area contributed by atoms with Crippen molar-refractivity contribution in [2.24, 2.45) is 0 Å². The second-order valence-corrected chi connectivity index (χ2v) is 5.37. The zero-order valence-electron chi connectivity index (χ0n) is 11.2. The van der Waals surface area contributed by atoms with E-state index in [-0.39, 0.29) is 11.9 Å². The van der Waals surface area contributed by atoms with Crippen molar-refractivity contribution in [1.82, 2.24) is 15.6 Å². The molecule has 19 heavy (non-hydrogen) atoms. The topological polar surface area (TPSA) is 57.3 Å². The van der Waals surface area contributed by atoms with Crippen molar-refractivity contribution in [3.63, 3.8) is 0 Å². The molecule has 0 spiro atoms. The van der Waals surface area contributed by atoms with E-state index in [4.69, 9.17) is 0 Å². The number of likely N-dealkylation sites (N-methyl/N-ethyl adjacent to an activating group) is 1. The van der Waals surface area contributed by atoms with Crippen LogP contribution in [0.4, 0.5) is 5.82 Å². The maximum atomic E-state index is 12.1. The van der Waals surface area contributed by atoms with Gasteiger partial charge in [-0.2, -0.15) is 0 Å². The molecule has 1 aliphatic rings. The van der Waals surface area contributed by atoms with E-state index in [0.717, 1.165) is 28.9 Å². The lowest BCUT2D eigenvalue weighted by Gasteiger charge is -2.36. The summed E-state index contributed by atoms with van der Waals surface area (Å²) in [5, 5.41) is 6.15. The Morgan fingerprint density at radius 1 is 1.68 bits per heavy atom. The molecule has 1 fully saturated rings. The standard InChI is InChI=1S/C13H19BrN4O/c1-3-16-13(19)10-8-15-6-7-18(10)12-11(14)9(2)4-5-17-12/h4-5,10,15H,3,6-8H2,1-2H3,(H,16,19). The Balaban J connectivity index is 2.29. The van der Waals surface area contributed by atoms with Gasteiger partial charge in [-0.25, -0.2) is 4.98 Å². The second kappa shape index (κ2) is 6.34. The van der Waals surface area contributed by atoms with Gasteiger partial charge in [-0.15, -0.1) is 0 Å². The quantitative estimate of drug-likeness (QED) is 0.872. The molecule has 6 heteroatoms. The lowest BCUT2D eigenvalue weighted by Crippen LogP contribution is -2.58. The third kappa shape index (κ3) is 3.06. The summed E-state index contributed by atoms with van der Waals surface area (Å²) >= 11 is 3.58. The molecule has 1 aliphatic heterocycles. The summed E-state index contributed by atoms with van der Waals surface area (Å²) in [5.41, 5.74) is 1.12. The minimum Gasteiger partial charge on any atom is -0.355 e. The molecule has 2 N–H and O–H groups in total. The zero-order chi connectivity index (χ0) is 13.8. The average Bonchev–Trinajstić information content (AvgIpc) is 2.42. The van der Waals surface area contributed by atoms with Gasteiger partial charge in [-0.05, 0) is 41.4 Å². The van der Waals surface area contributed by atoms with Crippen molar-refractivity contribution in [3.8, 4) is 0 Å². The third-order valence-electron chi connectivity index (χ3n) is 3.23. The van der Waals surface area contributed by atoms with Crippen molar-refractivity contribution >= 4 is 27.7 Å². The molecule has 1 aromatic heterocycles. The molecule has 0 aliphatic carbocycles. The van der Waals surface area contributed by atoms with Gasteiger partial charge in [0.05, 0.1) is 4.47 Å². The van der Waals surface area contributed by atoms with Crippen molar-refractivity contribution in [2.45, 2.75) is 19.9 Å². The maximum Gasteiger partial charge on any atom is 0.244 e. The van der Waals surface area contributed by atoms with Crippen LogP contribution >= 0.6 is 15.9 Å². The molecular weight excluding hydrogens is 308 g/mol. The van der Waals surface area contributed by atoms with E-state index < -0.39 is 0 Å². The van der Waals surface area contributed by atoms with Crippen LogP contribution in [0.2, 0.25) is 0 Å². The number of pyridine rings is 1. The van der Waals surface area contributed by atoms with Crippen LogP contribution in [0, 0.1) is 6.92 Å². The molecule has 1 atom stereocenters. The fourth-order valence-corrected chi connectivity index (χ4v) is 2.67. The van der Waals surface area contributed by atoms with Gasteiger partial charge in [0.1, 0.15) is 11.9 Å². The lowest BCUT2D eigenvalue weighted by molar-refractivity contribution is -0.122. The first-order valence-electron chi connectivity index (χ1n) is 6.51. The highest BCUT2D eigenvalue weighted by atomic mass is 79.9. The van der Waals surface area contributed by atoms with Crippen molar-refractivity contribution < 1.29 is 4.79 Å². The SMILES string of the molecule is CCNC(=O)C1CNCCN1c1nccc(C)c1Br. The Kier molecular flexibility index (Phi) is 4.76. The van der Waals surface area contributed by atoms with E-state index in [2.05, 4.69) is 36.4 Å². The minimum atomic E-state index is -0.209. The molecule has 0 bridgehead atoms. The molecule has 1 saturated heterocycles. The Hall–Kier alpha value is -1.14. The molecule has 1 amide bonds. The van der Waals surface area contributed by atoms with Crippen LogP contribution in [-0.4, -0.2) is 43.1 Å². The number of anilines is 1. The Morgan fingerprint density at radius 2 is 2.47 bits per heavy atom. The number of aryl methyl sites for hydroxylation is 1. The van der Waals surface area contributed by atoms with E-state index in [1.807, 2.05) is 19.9 Å². The number of amides is 1. The van der Waals surface area contributed by atoms with Gasteiger partial charge >= 0.3 is 0 Å². The van der Waals surface area contributed by atoms with Crippen LogP contribution < -0.4 is 15.5 Å². The largest absolute Gasteiger partial charge is 0.355 e. The van der Waals surface area contributed by atoms with Crippen LogP contribution in [-0.2, 0) is 4.79 Å². The highest BCUT2D eigenvalue weighted by Gasteiger charge is 2.30. The van der Waals surface area contributed by atoms with Crippen LogP contribution in [0.1, 0.15) is 12.5 Å². The Morgan fingerprint density at radius 3 is 3.21 bits per heavy atom. The summed E-state index contributed by atoms with van der Waals surface area (Å²) < 4.78 is 0.964. The highest BCUT2D eigenvalue weighted by Crippen LogP contribution is 2.28. The summed E-state index contributed by atoms with van der Waals surface area (Å²) in [6.45, 7) is 6.88. The summed E-state index contributed by atoms with van der Waals surface area (Å²) in [7, 11) is 0. The Labute approximate surface area is 121 Å². The van der Waals surface area contributed by atoms with Crippen molar-refractivity contribution in [1.29, 1.82) is 0 Å². The first-order valence-corrected chi connectivity index (χ1v) is 7.30. The number of carbonyl (C=O) groups excluding carboxylic acids is 1. The first-order chi connectivity index (χ1) is 9.15. The third-order valence-corrected chi connectivity index (χ3v) is 4.21. The number of hydrogen-bond donors (Lipinski definition) is 2. The van der Waals surface area contributed by atoms with Crippen LogP contribution in [0.15, 0.2) is 16.7 Å². The van der Waals surface area contributed by atoms with Gasteiger partial charge < -0.3 is 15.5 Å². The number of hydrogen-bond acceptors (Lipinski definition) is 4. The number of carbonyl (C=O) groups is 1. The molecule has 0 radical (unpaired) electrons. The summed E-state index contributed by atoms with van der Waals surface area (Å²) in [4.78, 5) is 18.6. The summed E-state index contributed by atoms with van der Waals surface area (Å²) in [6.07, 6.45) is 1.78. The van der Waals surface area contributed by atoms with Gasteiger partial charge in [0.15, 0.2) is 0 Å². The first kappa shape index (κ1) is 14.3. The van der Waals surface area contributed by atoms with E-state index in [0.29, 0.717) is 13.1 Å². The van der Waals surface area contributed by atoms with Crippen molar-refractivity contribution in [3.05, 3.63) is 22.3 Å². The predicted octanol–water partition coefficient (Wildman–Crippen LogP) is 1.07. The van der Waals surface area contributed by atoms with Gasteiger partial charge in [-0.1, -0.05) is 0 Å². The molecule has 5 nitrogen and oxygen atoms in total. The smallest absolute Gasteiger partial charge is 0.244 e. The lowest BCUT2D eigenvalue weighted by atomic mass is 10.1. The number of halogens is 1. The number of rotatable bonds is 3. The maximum absolute atomic E-state index is 12.1. The van der Waals surface area contributed by atoms with Crippen molar-refractivity contribution in [2.75, 3.05) is 31.1 Å². The van der Waals surface area contributed by atoms with E-state index in [9.17, 15) is 4.79 Å². The van der Waals surface area contributed by atoms with E-state index >= 15 is 0 Å².